The Morgan fingerprint density at radius 3 is 2.58 bits per heavy atom. The van der Waals surface area contributed by atoms with E-state index in [9.17, 15) is 14.3 Å². The fourth-order valence-corrected chi connectivity index (χ4v) is 3.39. The summed E-state index contributed by atoms with van der Waals surface area (Å²) < 4.78 is 18.2. The van der Waals surface area contributed by atoms with Gasteiger partial charge in [-0.25, -0.2) is 4.39 Å². The second kappa shape index (κ2) is 6.80. The fraction of sp³-hybridized carbons (Fsp3) is 0.500. The minimum Gasteiger partial charge on any atom is -0.493 e. The SMILES string of the molecule is O=C(O)C(COc1ccc(F)cc1)C1CCSCC1. The van der Waals surface area contributed by atoms with E-state index in [2.05, 4.69) is 0 Å². The molecule has 19 heavy (non-hydrogen) atoms. The van der Waals surface area contributed by atoms with Gasteiger partial charge >= 0.3 is 5.97 Å². The zero-order valence-corrected chi connectivity index (χ0v) is 11.4. The number of aliphatic carboxylic acids is 1. The maximum atomic E-state index is 12.8. The molecule has 0 radical (unpaired) electrons. The predicted molar refractivity (Wildman–Crippen MR) is 73.1 cm³/mol. The molecule has 104 valence electrons. The van der Waals surface area contributed by atoms with Crippen LogP contribution in [0.5, 0.6) is 5.75 Å². The van der Waals surface area contributed by atoms with Gasteiger partial charge in [-0.15, -0.1) is 0 Å². The summed E-state index contributed by atoms with van der Waals surface area (Å²) in [4.78, 5) is 11.3. The molecule has 1 aromatic carbocycles. The number of carboxylic acids is 1. The number of hydrogen-bond donors (Lipinski definition) is 1. The molecule has 1 atom stereocenters. The Hall–Kier alpha value is -1.23. The van der Waals surface area contributed by atoms with E-state index in [1.165, 1.54) is 24.3 Å². The number of rotatable bonds is 5. The monoisotopic (exact) mass is 284 g/mol. The van der Waals surface area contributed by atoms with E-state index in [1.54, 1.807) is 0 Å². The van der Waals surface area contributed by atoms with Gasteiger partial charge < -0.3 is 9.84 Å². The third-order valence-corrected chi connectivity index (χ3v) is 4.44. The summed E-state index contributed by atoms with van der Waals surface area (Å²) in [5.74, 6) is 1.11. The molecule has 5 heteroatoms. The highest BCUT2D eigenvalue weighted by atomic mass is 32.2. The van der Waals surface area contributed by atoms with Crippen LogP contribution in [0.4, 0.5) is 4.39 Å². The van der Waals surface area contributed by atoms with Crippen molar-refractivity contribution in [3.05, 3.63) is 30.1 Å². The van der Waals surface area contributed by atoms with Crippen LogP contribution in [0.1, 0.15) is 12.8 Å². The summed E-state index contributed by atoms with van der Waals surface area (Å²) in [5.41, 5.74) is 0. The second-order valence-electron chi connectivity index (χ2n) is 4.66. The molecule has 1 saturated heterocycles. The van der Waals surface area contributed by atoms with Crippen molar-refractivity contribution in [2.24, 2.45) is 11.8 Å². The third-order valence-electron chi connectivity index (χ3n) is 3.40. The van der Waals surface area contributed by atoms with E-state index in [0.29, 0.717) is 5.75 Å². The molecule has 0 aromatic heterocycles. The molecule has 1 unspecified atom stereocenters. The molecule has 0 bridgehead atoms. The van der Waals surface area contributed by atoms with E-state index < -0.39 is 11.9 Å². The molecule has 1 aromatic rings. The molecule has 1 aliphatic heterocycles. The van der Waals surface area contributed by atoms with Gasteiger partial charge in [-0.3, -0.25) is 4.79 Å². The Kier molecular flexibility index (Phi) is 5.07. The quantitative estimate of drug-likeness (QED) is 0.902. The largest absolute Gasteiger partial charge is 0.493 e. The van der Waals surface area contributed by atoms with Crippen LogP contribution in [0.15, 0.2) is 24.3 Å². The van der Waals surface area contributed by atoms with Gasteiger partial charge in [-0.1, -0.05) is 0 Å². The number of halogens is 1. The number of carbonyl (C=O) groups is 1. The summed E-state index contributed by atoms with van der Waals surface area (Å²) in [5, 5.41) is 9.30. The van der Waals surface area contributed by atoms with E-state index >= 15 is 0 Å². The van der Waals surface area contributed by atoms with Crippen molar-refractivity contribution in [1.82, 2.24) is 0 Å². The van der Waals surface area contributed by atoms with Crippen molar-refractivity contribution < 1.29 is 19.0 Å². The molecule has 0 amide bonds. The van der Waals surface area contributed by atoms with Crippen molar-refractivity contribution in [1.29, 1.82) is 0 Å². The standard InChI is InChI=1S/C14H17FO3S/c15-11-1-3-12(4-2-11)18-9-13(14(16)17)10-5-7-19-8-6-10/h1-4,10,13H,5-9H2,(H,16,17). The Bertz CT molecular complexity index is 415. The molecule has 0 spiro atoms. The van der Waals surface area contributed by atoms with Gasteiger partial charge in [-0.2, -0.15) is 11.8 Å². The van der Waals surface area contributed by atoms with Crippen LogP contribution in [0.3, 0.4) is 0 Å². The van der Waals surface area contributed by atoms with Gasteiger partial charge in [0.25, 0.3) is 0 Å². The predicted octanol–water partition coefficient (Wildman–Crippen LogP) is 3.05. The number of carboxylic acid groups (broad SMARTS) is 1. The maximum Gasteiger partial charge on any atom is 0.310 e. The average Bonchev–Trinajstić information content (AvgIpc) is 2.42. The highest BCUT2D eigenvalue weighted by molar-refractivity contribution is 7.99. The van der Waals surface area contributed by atoms with Gasteiger partial charge in [0.1, 0.15) is 18.2 Å². The van der Waals surface area contributed by atoms with Crippen LogP contribution in [-0.4, -0.2) is 29.2 Å². The number of ether oxygens (including phenoxy) is 1. The summed E-state index contributed by atoms with van der Waals surface area (Å²) >= 11 is 1.87. The molecule has 1 aliphatic rings. The third kappa shape index (κ3) is 4.13. The fourth-order valence-electron chi connectivity index (χ4n) is 2.24. The van der Waals surface area contributed by atoms with Crippen molar-refractivity contribution in [2.75, 3.05) is 18.1 Å². The molecule has 0 saturated carbocycles. The van der Waals surface area contributed by atoms with Crippen molar-refractivity contribution in [3.63, 3.8) is 0 Å². The lowest BCUT2D eigenvalue weighted by molar-refractivity contribution is -0.145. The summed E-state index contributed by atoms with van der Waals surface area (Å²) in [6.45, 7) is 0.149. The van der Waals surface area contributed by atoms with Gasteiger partial charge in [-0.05, 0) is 54.5 Å². The van der Waals surface area contributed by atoms with Gasteiger partial charge in [0.2, 0.25) is 0 Å². The Morgan fingerprint density at radius 1 is 1.37 bits per heavy atom. The lowest BCUT2D eigenvalue weighted by Gasteiger charge is -2.27. The summed E-state index contributed by atoms with van der Waals surface area (Å²) in [6.07, 6.45) is 1.85. The number of thioether (sulfide) groups is 1. The first kappa shape index (κ1) is 14.2. The normalized spacial score (nSPS) is 17.9. The molecule has 1 fully saturated rings. The van der Waals surface area contributed by atoms with Crippen LogP contribution in [-0.2, 0) is 4.79 Å². The Balaban J connectivity index is 1.93. The Morgan fingerprint density at radius 2 is 2.00 bits per heavy atom. The second-order valence-corrected chi connectivity index (χ2v) is 5.88. The van der Waals surface area contributed by atoms with Crippen molar-refractivity contribution >= 4 is 17.7 Å². The first-order chi connectivity index (χ1) is 9.16. The van der Waals surface area contributed by atoms with E-state index in [0.717, 1.165) is 24.3 Å². The van der Waals surface area contributed by atoms with E-state index in [-0.39, 0.29) is 18.3 Å². The maximum absolute atomic E-state index is 12.8. The van der Waals surface area contributed by atoms with Crippen LogP contribution >= 0.6 is 11.8 Å². The van der Waals surface area contributed by atoms with Gasteiger partial charge in [0.05, 0.1) is 5.92 Å². The van der Waals surface area contributed by atoms with Crippen molar-refractivity contribution in [3.8, 4) is 5.75 Å². The molecule has 1 N–H and O–H groups in total. The minimum absolute atomic E-state index is 0.149. The number of benzene rings is 1. The lowest BCUT2D eigenvalue weighted by Crippen LogP contribution is -2.31. The molecule has 3 nitrogen and oxygen atoms in total. The van der Waals surface area contributed by atoms with Crippen LogP contribution in [0.2, 0.25) is 0 Å². The molecule has 1 heterocycles. The zero-order valence-electron chi connectivity index (χ0n) is 10.5. The summed E-state index contributed by atoms with van der Waals surface area (Å²) in [7, 11) is 0. The highest BCUT2D eigenvalue weighted by Crippen LogP contribution is 2.29. The Labute approximate surface area is 116 Å². The molecular weight excluding hydrogens is 267 g/mol. The molecular formula is C14H17FO3S. The topological polar surface area (TPSA) is 46.5 Å². The highest BCUT2D eigenvalue weighted by Gasteiger charge is 2.30. The van der Waals surface area contributed by atoms with Crippen LogP contribution in [0, 0.1) is 17.7 Å². The smallest absolute Gasteiger partial charge is 0.310 e. The molecule has 2 rings (SSSR count). The van der Waals surface area contributed by atoms with Gasteiger partial charge in [0, 0.05) is 0 Å². The summed E-state index contributed by atoms with van der Waals surface area (Å²) in [6, 6.07) is 5.65. The van der Waals surface area contributed by atoms with E-state index in [1.807, 2.05) is 11.8 Å². The first-order valence-electron chi connectivity index (χ1n) is 6.35. The lowest BCUT2D eigenvalue weighted by atomic mass is 9.88. The van der Waals surface area contributed by atoms with E-state index in [4.69, 9.17) is 4.74 Å². The zero-order chi connectivity index (χ0) is 13.7. The van der Waals surface area contributed by atoms with Gasteiger partial charge in [0.15, 0.2) is 0 Å². The molecule has 0 aliphatic carbocycles. The van der Waals surface area contributed by atoms with Crippen molar-refractivity contribution in [2.45, 2.75) is 12.8 Å². The number of hydrogen-bond acceptors (Lipinski definition) is 3. The van der Waals surface area contributed by atoms with Crippen LogP contribution < -0.4 is 4.74 Å². The van der Waals surface area contributed by atoms with Crippen LogP contribution in [0.25, 0.3) is 0 Å². The minimum atomic E-state index is -0.806. The average molecular weight is 284 g/mol. The first-order valence-corrected chi connectivity index (χ1v) is 7.51.